The topological polar surface area (TPSA) is 9.23 Å². The van der Waals surface area contributed by atoms with Crippen molar-refractivity contribution in [1.82, 2.24) is 0 Å². The molecular weight excluding hydrogens is 422 g/mol. The number of benzene rings is 2. The average molecular weight is 429 g/mol. The van der Waals surface area contributed by atoms with Gasteiger partial charge in [0.25, 0.3) is 0 Å². The fraction of sp³-hybridized carbons (Fsp3) is 0.0769. The van der Waals surface area contributed by atoms with E-state index in [4.69, 9.17) is 27.9 Å². The van der Waals surface area contributed by atoms with Crippen LogP contribution in [0, 0.1) is 5.82 Å². The van der Waals surface area contributed by atoms with Gasteiger partial charge in [0.15, 0.2) is 11.6 Å². The Morgan fingerprint density at radius 2 is 1.79 bits per heavy atom. The van der Waals surface area contributed by atoms with Crippen molar-refractivity contribution in [2.45, 2.75) is 5.33 Å². The molecule has 0 saturated carbocycles. The van der Waals surface area contributed by atoms with E-state index in [1.807, 2.05) is 0 Å². The van der Waals surface area contributed by atoms with Crippen molar-refractivity contribution in [1.29, 1.82) is 0 Å². The van der Waals surface area contributed by atoms with Gasteiger partial charge in [0.1, 0.15) is 5.75 Å². The number of alkyl halides is 1. The molecule has 100 valence electrons. The van der Waals surface area contributed by atoms with Crippen LogP contribution in [0.15, 0.2) is 34.8 Å². The fourth-order valence-electron chi connectivity index (χ4n) is 1.41. The van der Waals surface area contributed by atoms with Crippen molar-refractivity contribution < 1.29 is 9.13 Å². The smallest absolute Gasteiger partial charge is 0.166 e. The Kier molecular flexibility index (Phi) is 5.12. The molecule has 0 atom stereocenters. The molecule has 0 radical (unpaired) electrons. The predicted molar refractivity (Wildman–Crippen MR) is 83.3 cm³/mol. The van der Waals surface area contributed by atoms with E-state index in [0.29, 0.717) is 25.6 Å². The summed E-state index contributed by atoms with van der Waals surface area (Å²) in [4.78, 5) is 0. The highest BCUT2D eigenvalue weighted by molar-refractivity contribution is 9.10. The second kappa shape index (κ2) is 6.44. The monoisotopic (exact) mass is 426 g/mol. The molecule has 2 rings (SSSR count). The minimum Gasteiger partial charge on any atom is -0.453 e. The third-order valence-electron chi connectivity index (χ3n) is 2.35. The lowest BCUT2D eigenvalue weighted by Crippen LogP contribution is -1.91. The Hall–Kier alpha value is -0.290. The summed E-state index contributed by atoms with van der Waals surface area (Å²) in [5, 5.41) is 1.37. The highest BCUT2D eigenvalue weighted by atomic mass is 79.9. The Bertz CT molecular complexity index is 620. The maximum Gasteiger partial charge on any atom is 0.166 e. The second-order valence-corrected chi connectivity index (χ2v) is 5.93. The first-order valence-electron chi connectivity index (χ1n) is 5.18. The Labute approximate surface area is 136 Å². The van der Waals surface area contributed by atoms with Crippen LogP contribution in [-0.4, -0.2) is 0 Å². The van der Waals surface area contributed by atoms with E-state index in [1.165, 1.54) is 12.1 Å². The fourth-order valence-corrected chi connectivity index (χ4v) is 2.59. The lowest BCUT2D eigenvalue weighted by atomic mass is 10.2. The van der Waals surface area contributed by atoms with Crippen LogP contribution < -0.4 is 4.74 Å². The summed E-state index contributed by atoms with van der Waals surface area (Å²) in [5.41, 5.74) is 0.824. The van der Waals surface area contributed by atoms with E-state index in [1.54, 1.807) is 18.2 Å². The van der Waals surface area contributed by atoms with Gasteiger partial charge in [-0.25, -0.2) is 4.39 Å². The molecule has 0 aliphatic heterocycles. The number of rotatable bonds is 3. The minimum absolute atomic E-state index is 0.102. The highest BCUT2D eigenvalue weighted by Gasteiger charge is 2.11. The van der Waals surface area contributed by atoms with Crippen LogP contribution >= 0.6 is 55.1 Å². The molecule has 0 fully saturated rings. The average Bonchev–Trinajstić information content (AvgIpc) is 2.38. The summed E-state index contributed by atoms with van der Waals surface area (Å²) in [5.74, 6) is -0.0441. The van der Waals surface area contributed by atoms with Crippen molar-refractivity contribution >= 4 is 55.1 Å². The molecule has 19 heavy (non-hydrogen) atoms. The summed E-state index contributed by atoms with van der Waals surface area (Å²) < 4.78 is 19.9. The summed E-state index contributed by atoms with van der Waals surface area (Å²) in [6, 6.07) is 7.86. The summed E-state index contributed by atoms with van der Waals surface area (Å²) in [6.45, 7) is 0. The molecule has 0 aliphatic rings. The summed E-state index contributed by atoms with van der Waals surface area (Å²) >= 11 is 18.5. The zero-order valence-electron chi connectivity index (χ0n) is 9.39. The van der Waals surface area contributed by atoms with Crippen LogP contribution in [0.25, 0.3) is 0 Å². The number of ether oxygens (including phenoxy) is 1. The third-order valence-corrected chi connectivity index (χ3v) is 4.49. The maximum absolute atomic E-state index is 13.8. The van der Waals surface area contributed by atoms with Gasteiger partial charge in [0.05, 0.1) is 10.0 Å². The van der Waals surface area contributed by atoms with Gasteiger partial charge < -0.3 is 4.74 Å². The highest BCUT2D eigenvalue weighted by Crippen LogP contribution is 2.37. The van der Waals surface area contributed by atoms with Gasteiger partial charge in [0, 0.05) is 15.9 Å². The molecule has 0 bridgehead atoms. The van der Waals surface area contributed by atoms with Crippen LogP contribution in [0.1, 0.15) is 5.56 Å². The number of hydrogen-bond acceptors (Lipinski definition) is 1. The van der Waals surface area contributed by atoms with E-state index < -0.39 is 5.82 Å². The first-order chi connectivity index (χ1) is 9.01. The second-order valence-electron chi connectivity index (χ2n) is 3.70. The Morgan fingerprint density at radius 1 is 1.05 bits per heavy atom. The molecule has 0 heterocycles. The van der Waals surface area contributed by atoms with Crippen molar-refractivity contribution in [2.75, 3.05) is 0 Å². The molecule has 2 aromatic rings. The van der Waals surface area contributed by atoms with E-state index in [0.717, 1.165) is 5.56 Å². The first-order valence-corrected chi connectivity index (χ1v) is 7.85. The summed E-state index contributed by atoms with van der Waals surface area (Å²) in [6.07, 6.45) is 0. The number of hydrogen-bond donors (Lipinski definition) is 0. The van der Waals surface area contributed by atoms with Crippen LogP contribution in [0.5, 0.6) is 11.5 Å². The first kappa shape index (κ1) is 15.1. The van der Waals surface area contributed by atoms with Crippen molar-refractivity contribution in [2.24, 2.45) is 0 Å². The predicted octanol–water partition coefficient (Wildman–Crippen LogP) is 6.58. The van der Waals surface area contributed by atoms with Crippen LogP contribution in [0.3, 0.4) is 0 Å². The van der Waals surface area contributed by atoms with Crippen molar-refractivity contribution in [3.05, 3.63) is 56.2 Å². The molecule has 0 N–H and O–H groups in total. The number of halogens is 5. The normalized spacial score (nSPS) is 10.6. The zero-order chi connectivity index (χ0) is 14.0. The van der Waals surface area contributed by atoms with Crippen LogP contribution in [0.2, 0.25) is 10.0 Å². The third kappa shape index (κ3) is 3.63. The largest absolute Gasteiger partial charge is 0.453 e. The van der Waals surface area contributed by atoms with E-state index in [2.05, 4.69) is 31.9 Å². The molecular formula is C13H7Br2Cl2FO. The molecule has 0 saturated heterocycles. The van der Waals surface area contributed by atoms with E-state index in [-0.39, 0.29) is 5.75 Å². The van der Waals surface area contributed by atoms with E-state index in [9.17, 15) is 4.39 Å². The lowest BCUT2D eigenvalue weighted by molar-refractivity contribution is 0.442. The van der Waals surface area contributed by atoms with Crippen molar-refractivity contribution in [3.63, 3.8) is 0 Å². The van der Waals surface area contributed by atoms with Crippen LogP contribution in [0.4, 0.5) is 4.39 Å². The molecule has 2 aromatic carbocycles. The van der Waals surface area contributed by atoms with Gasteiger partial charge in [-0.05, 0) is 39.7 Å². The molecule has 0 amide bonds. The molecule has 0 aliphatic carbocycles. The van der Waals surface area contributed by atoms with E-state index >= 15 is 0 Å². The quantitative estimate of drug-likeness (QED) is 0.396. The minimum atomic E-state index is -0.452. The molecule has 6 heteroatoms. The summed E-state index contributed by atoms with van der Waals surface area (Å²) in [7, 11) is 0. The Morgan fingerprint density at radius 3 is 2.42 bits per heavy atom. The SMILES string of the molecule is Fc1cc(CBr)ccc1Oc1cc(Cl)c(Br)cc1Cl. The van der Waals surface area contributed by atoms with Gasteiger partial charge >= 0.3 is 0 Å². The van der Waals surface area contributed by atoms with Crippen LogP contribution in [-0.2, 0) is 5.33 Å². The van der Waals surface area contributed by atoms with Gasteiger partial charge in [-0.1, -0.05) is 45.2 Å². The van der Waals surface area contributed by atoms with Gasteiger partial charge in [-0.15, -0.1) is 0 Å². The maximum atomic E-state index is 13.8. The van der Waals surface area contributed by atoms with Gasteiger partial charge in [-0.3, -0.25) is 0 Å². The van der Waals surface area contributed by atoms with Crippen molar-refractivity contribution in [3.8, 4) is 11.5 Å². The molecule has 1 nitrogen and oxygen atoms in total. The standard InChI is InChI=1S/C13H7Br2Cl2FO/c14-6-7-1-2-12(11(18)3-7)19-13-5-9(16)8(15)4-10(13)17/h1-5H,6H2. The molecule has 0 aromatic heterocycles. The molecule has 0 spiro atoms. The van der Waals surface area contributed by atoms with Gasteiger partial charge in [-0.2, -0.15) is 0 Å². The lowest BCUT2D eigenvalue weighted by Gasteiger charge is -2.10. The molecule has 0 unspecified atom stereocenters. The zero-order valence-corrected chi connectivity index (χ0v) is 14.1. The Balaban J connectivity index is 2.33. The van der Waals surface area contributed by atoms with Gasteiger partial charge in [0.2, 0.25) is 0 Å².